The molecule has 2 heterocycles. The lowest BCUT2D eigenvalue weighted by atomic mass is 10.1. The Morgan fingerprint density at radius 1 is 1.03 bits per heavy atom. The van der Waals surface area contributed by atoms with Crippen molar-refractivity contribution in [2.45, 2.75) is 47.1 Å². The van der Waals surface area contributed by atoms with Gasteiger partial charge in [0.15, 0.2) is 0 Å². The van der Waals surface area contributed by atoms with Crippen molar-refractivity contribution in [1.29, 1.82) is 0 Å². The predicted octanol–water partition coefficient (Wildman–Crippen LogP) is 4.41. The molecule has 1 atom stereocenters. The van der Waals surface area contributed by atoms with Gasteiger partial charge in [-0.2, -0.15) is 10.2 Å². The molecule has 0 bridgehead atoms. The topological polar surface area (TPSA) is 81.8 Å². The Hall–Kier alpha value is -3.74. The molecule has 7 heteroatoms. The number of aromatic nitrogens is 4. The molecule has 0 radical (unpaired) electrons. The standard InChI is InChI=1S/C25H27N5O2/c1-6-21(24(31)26-20-13-12-15(2)14-16(20)3)30-25(32)22-18(5)29(19-10-8-7-9-11-19)28-23(22)17(4)27-30/h7-14,21H,6H2,1-5H3,(H,26,31)/t21-/m0/s1. The van der Waals surface area contributed by atoms with Gasteiger partial charge in [-0.25, -0.2) is 9.36 Å². The molecule has 2 aromatic carbocycles. The first kappa shape index (κ1) is 21.5. The van der Waals surface area contributed by atoms with Crippen LogP contribution >= 0.6 is 0 Å². The van der Waals surface area contributed by atoms with Gasteiger partial charge in [-0.1, -0.05) is 42.8 Å². The van der Waals surface area contributed by atoms with Crippen LogP contribution in [0.4, 0.5) is 5.69 Å². The average Bonchev–Trinajstić information content (AvgIpc) is 3.13. The second-order valence-electron chi connectivity index (χ2n) is 8.12. The number of hydrogen-bond donors (Lipinski definition) is 1. The number of benzene rings is 2. The minimum absolute atomic E-state index is 0.263. The van der Waals surface area contributed by atoms with E-state index in [9.17, 15) is 9.59 Å². The van der Waals surface area contributed by atoms with Gasteiger partial charge in [0.1, 0.15) is 11.6 Å². The van der Waals surface area contributed by atoms with Crippen LogP contribution in [-0.2, 0) is 4.79 Å². The van der Waals surface area contributed by atoms with E-state index in [2.05, 4.69) is 15.5 Å². The number of anilines is 1. The maximum absolute atomic E-state index is 13.5. The molecule has 0 spiro atoms. The molecule has 4 rings (SSSR count). The largest absolute Gasteiger partial charge is 0.324 e. The highest BCUT2D eigenvalue weighted by molar-refractivity contribution is 5.94. The summed E-state index contributed by atoms with van der Waals surface area (Å²) in [6, 6.07) is 14.8. The fraction of sp³-hybridized carbons (Fsp3) is 0.280. The minimum Gasteiger partial charge on any atom is -0.324 e. The van der Waals surface area contributed by atoms with Crippen LogP contribution in [0.5, 0.6) is 0 Å². The van der Waals surface area contributed by atoms with E-state index in [4.69, 9.17) is 0 Å². The molecule has 32 heavy (non-hydrogen) atoms. The van der Waals surface area contributed by atoms with Crippen molar-refractivity contribution in [3.63, 3.8) is 0 Å². The van der Waals surface area contributed by atoms with E-state index >= 15 is 0 Å². The molecule has 0 saturated carbocycles. The molecule has 0 aliphatic carbocycles. The molecule has 4 aromatic rings. The Morgan fingerprint density at radius 2 is 1.75 bits per heavy atom. The first-order valence-corrected chi connectivity index (χ1v) is 10.7. The third-order valence-electron chi connectivity index (χ3n) is 5.76. The van der Waals surface area contributed by atoms with Gasteiger partial charge in [0.05, 0.1) is 22.5 Å². The monoisotopic (exact) mass is 429 g/mol. The minimum atomic E-state index is -0.731. The summed E-state index contributed by atoms with van der Waals surface area (Å²) < 4.78 is 3.06. The SMILES string of the molecule is CC[C@@H](C(=O)Nc1ccc(C)cc1C)n1nc(C)c2nn(-c3ccccc3)c(C)c2c1=O. The lowest BCUT2D eigenvalue weighted by Crippen LogP contribution is -2.35. The molecule has 7 nitrogen and oxygen atoms in total. The molecule has 1 amide bonds. The summed E-state index contributed by atoms with van der Waals surface area (Å²) >= 11 is 0. The van der Waals surface area contributed by atoms with E-state index in [1.165, 1.54) is 4.68 Å². The van der Waals surface area contributed by atoms with E-state index in [0.717, 1.165) is 28.2 Å². The fourth-order valence-corrected chi connectivity index (χ4v) is 4.05. The number of carbonyl (C=O) groups is 1. The van der Waals surface area contributed by atoms with E-state index in [1.54, 1.807) is 4.68 Å². The number of nitrogens with zero attached hydrogens (tertiary/aromatic N) is 4. The summed E-state index contributed by atoms with van der Waals surface area (Å²) in [5.74, 6) is -0.263. The summed E-state index contributed by atoms with van der Waals surface area (Å²) in [6.45, 7) is 9.51. The summed E-state index contributed by atoms with van der Waals surface area (Å²) in [6.07, 6.45) is 0.431. The number of carbonyl (C=O) groups excluding carboxylic acids is 1. The number of amides is 1. The van der Waals surface area contributed by atoms with Gasteiger partial charge in [0.25, 0.3) is 5.56 Å². The van der Waals surface area contributed by atoms with Crippen molar-refractivity contribution in [1.82, 2.24) is 19.6 Å². The molecule has 1 N–H and O–H groups in total. The molecule has 0 fully saturated rings. The quantitative estimate of drug-likeness (QED) is 0.510. The van der Waals surface area contributed by atoms with Gasteiger partial charge in [0, 0.05) is 5.69 Å². The van der Waals surface area contributed by atoms with E-state index in [-0.39, 0.29) is 11.5 Å². The third kappa shape index (κ3) is 3.70. The fourth-order valence-electron chi connectivity index (χ4n) is 4.05. The molecule has 2 aromatic heterocycles. The first-order valence-electron chi connectivity index (χ1n) is 10.7. The van der Waals surface area contributed by atoms with Crippen LogP contribution in [0, 0.1) is 27.7 Å². The summed E-state index contributed by atoms with van der Waals surface area (Å²) in [5, 5.41) is 12.6. The number of fused-ring (bicyclic) bond motifs is 1. The Labute approximate surface area is 186 Å². The van der Waals surface area contributed by atoms with Gasteiger partial charge < -0.3 is 5.32 Å². The molecule has 164 valence electrons. The second-order valence-corrected chi connectivity index (χ2v) is 8.12. The summed E-state index contributed by atoms with van der Waals surface area (Å²) in [5.41, 5.74) is 5.27. The van der Waals surface area contributed by atoms with Gasteiger partial charge in [-0.05, 0) is 57.9 Å². The van der Waals surface area contributed by atoms with Crippen molar-refractivity contribution in [2.75, 3.05) is 5.32 Å². The van der Waals surface area contributed by atoms with Crippen LogP contribution in [0.25, 0.3) is 16.6 Å². The van der Waals surface area contributed by atoms with Crippen molar-refractivity contribution >= 4 is 22.5 Å². The molecular weight excluding hydrogens is 402 g/mol. The normalized spacial score (nSPS) is 12.2. The van der Waals surface area contributed by atoms with Crippen LogP contribution < -0.4 is 10.9 Å². The molecule has 0 aliphatic heterocycles. The van der Waals surface area contributed by atoms with E-state index in [0.29, 0.717) is 23.0 Å². The lowest BCUT2D eigenvalue weighted by molar-refractivity contribution is -0.119. The lowest BCUT2D eigenvalue weighted by Gasteiger charge is -2.18. The number of para-hydroxylation sites is 1. The van der Waals surface area contributed by atoms with Gasteiger partial charge >= 0.3 is 0 Å². The summed E-state index contributed by atoms with van der Waals surface area (Å²) in [7, 11) is 0. The van der Waals surface area contributed by atoms with Crippen molar-refractivity contribution in [3.05, 3.63) is 81.4 Å². The van der Waals surface area contributed by atoms with Crippen LogP contribution in [0.15, 0.2) is 53.3 Å². The van der Waals surface area contributed by atoms with Crippen LogP contribution in [-0.4, -0.2) is 25.5 Å². The Kier molecular flexibility index (Phi) is 5.65. The number of nitrogens with one attached hydrogen (secondary N) is 1. The van der Waals surface area contributed by atoms with Gasteiger partial charge in [0.2, 0.25) is 5.91 Å². The van der Waals surface area contributed by atoms with Gasteiger partial charge in [-0.3, -0.25) is 9.59 Å². The van der Waals surface area contributed by atoms with Crippen LogP contribution in [0.1, 0.15) is 41.9 Å². The smallest absolute Gasteiger partial charge is 0.278 e. The Bertz CT molecular complexity index is 1370. The number of rotatable bonds is 5. The molecular formula is C25H27N5O2. The summed E-state index contributed by atoms with van der Waals surface area (Å²) in [4.78, 5) is 26.6. The third-order valence-corrected chi connectivity index (χ3v) is 5.76. The molecule has 0 saturated heterocycles. The van der Waals surface area contributed by atoms with E-state index in [1.807, 2.05) is 83.1 Å². The zero-order chi connectivity index (χ0) is 23.0. The van der Waals surface area contributed by atoms with Crippen LogP contribution in [0.2, 0.25) is 0 Å². The van der Waals surface area contributed by atoms with Crippen molar-refractivity contribution in [3.8, 4) is 5.69 Å². The zero-order valence-electron chi connectivity index (χ0n) is 19.0. The maximum atomic E-state index is 13.5. The highest BCUT2D eigenvalue weighted by Crippen LogP contribution is 2.23. The highest BCUT2D eigenvalue weighted by atomic mass is 16.2. The predicted molar refractivity (Wildman–Crippen MR) is 126 cm³/mol. The number of aryl methyl sites for hydroxylation is 4. The molecule has 0 aliphatic rings. The van der Waals surface area contributed by atoms with Crippen molar-refractivity contribution in [2.24, 2.45) is 0 Å². The maximum Gasteiger partial charge on any atom is 0.278 e. The van der Waals surface area contributed by atoms with E-state index < -0.39 is 6.04 Å². The molecule has 0 unspecified atom stereocenters. The Morgan fingerprint density at radius 3 is 2.41 bits per heavy atom. The number of hydrogen-bond acceptors (Lipinski definition) is 4. The average molecular weight is 430 g/mol. The van der Waals surface area contributed by atoms with Crippen molar-refractivity contribution < 1.29 is 4.79 Å². The second kappa shape index (κ2) is 8.42. The van der Waals surface area contributed by atoms with Gasteiger partial charge in [-0.15, -0.1) is 0 Å². The Balaban J connectivity index is 1.79. The highest BCUT2D eigenvalue weighted by Gasteiger charge is 2.25. The first-order chi connectivity index (χ1) is 15.3. The van der Waals surface area contributed by atoms with Crippen LogP contribution in [0.3, 0.4) is 0 Å². The zero-order valence-corrected chi connectivity index (χ0v) is 19.0.